The standard InChI is InChI=1S/C47H32N3OP/c1-29(31-14-5-3-6-15-31)48-47(32-16-7-4-8-17-32)49-30(2)34-20-13-23-43-44(34)39-28-33(24-27-42(39)52-43)50-40-21-11-9-18-35(40)37-25-26-38-36-19-10-12-22-41(36)51-46(38)45(37)50/h3-28,52H,2H2,1H3/b48-29+,49-47-. The van der Waals surface area contributed by atoms with Crippen molar-refractivity contribution in [2.24, 2.45) is 9.98 Å². The molecule has 0 bridgehead atoms. The van der Waals surface area contributed by atoms with Crippen LogP contribution in [0.15, 0.2) is 179 Å². The topological polar surface area (TPSA) is 42.8 Å². The molecule has 3 heterocycles. The molecule has 0 saturated heterocycles. The number of hydrogen-bond acceptors (Lipinski definition) is 2. The van der Waals surface area contributed by atoms with E-state index in [2.05, 4.69) is 126 Å². The molecular weight excluding hydrogens is 654 g/mol. The Morgan fingerprint density at radius 3 is 2.13 bits per heavy atom. The number of para-hydroxylation sites is 2. The minimum Gasteiger partial charge on any atom is -0.454 e. The van der Waals surface area contributed by atoms with Crippen LogP contribution in [0.4, 0.5) is 0 Å². The molecule has 0 radical (unpaired) electrons. The smallest absolute Gasteiger partial charge is 0.160 e. The van der Waals surface area contributed by atoms with Crippen molar-refractivity contribution in [1.82, 2.24) is 4.57 Å². The number of nitrogens with zero attached hydrogens (tertiary/aromatic N) is 3. The third kappa shape index (κ3) is 4.84. The Labute approximate surface area is 301 Å². The van der Waals surface area contributed by atoms with E-state index in [0.29, 0.717) is 19.7 Å². The molecule has 7 aromatic carbocycles. The summed E-state index contributed by atoms with van der Waals surface area (Å²) in [6.45, 7) is 6.59. The number of aliphatic imine (C=N–C) groups is 2. The summed E-state index contributed by atoms with van der Waals surface area (Å²) in [5, 5.41) is 9.65. The van der Waals surface area contributed by atoms with Gasteiger partial charge >= 0.3 is 0 Å². The first-order valence-electron chi connectivity index (χ1n) is 17.4. The molecule has 1 atom stereocenters. The normalized spacial score (nSPS) is 12.8. The lowest BCUT2D eigenvalue weighted by Gasteiger charge is -2.10. The number of aromatic nitrogens is 1. The van der Waals surface area contributed by atoms with Crippen LogP contribution in [0.5, 0.6) is 0 Å². The minimum atomic E-state index is 0.543. The number of benzene rings is 7. The van der Waals surface area contributed by atoms with E-state index in [4.69, 9.17) is 14.4 Å². The molecule has 5 heteroatoms. The van der Waals surface area contributed by atoms with Gasteiger partial charge in [0, 0.05) is 54.6 Å². The lowest BCUT2D eigenvalue weighted by atomic mass is 10.0. The highest BCUT2D eigenvalue weighted by Gasteiger charge is 2.20. The zero-order valence-electron chi connectivity index (χ0n) is 28.5. The second kappa shape index (κ2) is 12.1. The van der Waals surface area contributed by atoms with Gasteiger partial charge in [-0.05, 0) is 59.4 Å². The molecular formula is C47H32N3OP. The van der Waals surface area contributed by atoms with Crippen LogP contribution < -0.4 is 0 Å². The summed E-state index contributed by atoms with van der Waals surface area (Å²) >= 11 is 0. The molecule has 0 aliphatic rings. The van der Waals surface area contributed by atoms with Gasteiger partial charge in [-0.2, -0.15) is 0 Å². The van der Waals surface area contributed by atoms with Gasteiger partial charge in [0.15, 0.2) is 11.4 Å². The fourth-order valence-corrected chi connectivity index (χ4v) is 9.01. The highest BCUT2D eigenvalue weighted by Crippen LogP contribution is 2.44. The molecule has 4 nitrogen and oxygen atoms in total. The van der Waals surface area contributed by atoms with E-state index in [9.17, 15) is 0 Å². The maximum atomic E-state index is 6.63. The summed E-state index contributed by atoms with van der Waals surface area (Å²) < 4.78 is 9.01. The predicted octanol–water partition coefficient (Wildman–Crippen LogP) is 12.9. The maximum Gasteiger partial charge on any atom is 0.160 e. The summed E-state index contributed by atoms with van der Waals surface area (Å²) in [6, 6.07) is 55.2. The van der Waals surface area contributed by atoms with Gasteiger partial charge in [0.05, 0.1) is 16.7 Å². The van der Waals surface area contributed by atoms with Crippen molar-refractivity contribution in [1.29, 1.82) is 0 Å². The number of hydrogen-bond donors (Lipinski definition) is 0. The summed E-state index contributed by atoms with van der Waals surface area (Å²) in [4.78, 5) is 10.2. The van der Waals surface area contributed by atoms with Gasteiger partial charge in [-0.25, -0.2) is 9.98 Å². The molecule has 1 unspecified atom stereocenters. The SMILES string of the molecule is C=C(/N=C(\N=C(/C)c1ccccc1)c1ccccc1)c1cccc2[pH]c3ccc(-n4c5ccccc5c5ccc6c7ccccc7oc6c54)cc3c12. The van der Waals surface area contributed by atoms with Crippen molar-refractivity contribution < 1.29 is 4.42 Å². The minimum absolute atomic E-state index is 0.543. The molecule has 0 aliphatic heterocycles. The molecule has 0 N–H and O–H groups in total. The summed E-state index contributed by atoms with van der Waals surface area (Å²) in [6.07, 6.45) is 0. The first-order chi connectivity index (χ1) is 25.6. The lowest BCUT2D eigenvalue weighted by Crippen LogP contribution is -2.04. The molecule has 0 saturated carbocycles. The van der Waals surface area contributed by atoms with Crippen LogP contribution in [-0.2, 0) is 0 Å². The quantitative estimate of drug-likeness (QED) is 0.131. The molecule has 0 spiro atoms. The van der Waals surface area contributed by atoms with Crippen LogP contribution in [0, 0.1) is 0 Å². The zero-order valence-corrected chi connectivity index (χ0v) is 29.5. The van der Waals surface area contributed by atoms with Crippen LogP contribution >= 0.6 is 8.19 Å². The molecule has 52 heavy (non-hydrogen) atoms. The highest BCUT2D eigenvalue weighted by molar-refractivity contribution is 7.44. The second-order valence-corrected chi connectivity index (χ2v) is 14.5. The Kier molecular flexibility index (Phi) is 7.06. The van der Waals surface area contributed by atoms with Gasteiger partial charge in [0.1, 0.15) is 5.58 Å². The number of rotatable bonds is 5. The van der Waals surface area contributed by atoms with Crippen molar-refractivity contribution >= 4 is 90.2 Å². The Hall–Kier alpha value is -6.48. The average molecular weight is 686 g/mol. The van der Waals surface area contributed by atoms with Gasteiger partial charge < -0.3 is 8.98 Å². The van der Waals surface area contributed by atoms with Crippen LogP contribution in [0.3, 0.4) is 0 Å². The molecule has 0 aliphatic carbocycles. The van der Waals surface area contributed by atoms with Crippen LogP contribution in [0.2, 0.25) is 0 Å². The van der Waals surface area contributed by atoms with E-state index in [1.54, 1.807) is 0 Å². The van der Waals surface area contributed by atoms with Crippen molar-refractivity contribution in [2.45, 2.75) is 6.92 Å². The average Bonchev–Trinajstić information content (AvgIpc) is 3.87. The Morgan fingerprint density at radius 1 is 0.596 bits per heavy atom. The Bertz CT molecular complexity index is 3090. The third-order valence-electron chi connectivity index (χ3n) is 10.1. The van der Waals surface area contributed by atoms with E-state index in [1.165, 1.54) is 31.8 Å². The fraction of sp³-hybridized carbons (Fsp3) is 0.0213. The predicted molar refractivity (Wildman–Crippen MR) is 223 cm³/mol. The molecule has 10 rings (SSSR count). The van der Waals surface area contributed by atoms with E-state index >= 15 is 0 Å². The van der Waals surface area contributed by atoms with E-state index < -0.39 is 0 Å². The van der Waals surface area contributed by atoms with E-state index in [0.717, 1.165) is 61.1 Å². The van der Waals surface area contributed by atoms with Gasteiger partial charge in [-0.1, -0.05) is 128 Å². The molecule has 3 aromatic heterocycles. The van der Waals surface area contributed by atoms with Crippen molar-refractivity contribution in [2.75, 3.05) is 0 Å². The van der Waals surface area contributed by atoms with Gasteiger partial charge in [-0.3, -0.25) is 0 Å². The summed E-state index contributed by atoms with van der Waals surface area (Å²) in [5.41, 5.74) is 9.72. The van der Waals surface area contributed by atoms with Crippen molar-refractivity contribution in [3.05, 3.63) is 181 Å². The number of amidine groups is 1. The van der Waals surface area contributed by atoms with E-state index in [-0.39, 0.29) is 0 Å². The zero-order chi connectivity index (χ0) is 34.8. The summed E-state index contributed by atoms with van der Waals surface area (Å²) in [7, 11) is 0.543. The first-order valence-corrected chi connectivity index (χ1v) is 18.4. The molecule has 10 aromatic rings. The fourth-order valence-electron chi connectivity index (χ4n) is 7.65. The molecule has 0 fully saturated rings. The maximum absolute atomic E-state index is 6.63. The first kappa shape index (κ1) is 30.4. The van der Waals surface area contributed by atoms with Gasteiger partial charge in [0.25, 0.3) is 0 Å². The number of furan rings is 1. The monoisotopic (exact) mass is 685 g/mol. The molecule has 246 valence electrons. The Morgan fingerprint density at radius 2 is 1.31 bits per heavy atom. The number of fused-ring (bicyclic) bond motifs is 10. The third-order valence-corrected chi connectivity index (χ3v) is 11.5. The largest absolute Gasteiger partial charge is 0.454 e. The van der Waals surface area contributed by atoms with Gasteiger partial charge in [0.2, 0.25) is 0 Å². The van der Waals surface area contributed by atoms with E-state index in [1.807, 2.05) is 49.4 Å². The Balaban J connectivity index is 1.18. The van der Waals surface area contributed by atoms with Crippen LogP contribution in [-0.4, -0.2) is 16.1 Å². The molecule has 0 amide bonds. The highest BCUT2D eigenvalue weighted by atomic mass is 31.0. The van der Waals surface area contributed by atoms with Crippen LogP contribution in [0.25, 0.3) is 76.1 Å². The van der Waals surface area contributed by atoms with Crippen molar-refractivity contribution in [3.63, 3.8) is 0 Å². The van der Waals surface area contributed by atoms with Gasteiger partial charge in [-0.15, -0.1) is 8.19 Å². The lowest BCUT2D eigenvalue weighted by molar-refractivity contribution is 0.671. The second-order valence-electron chi connectivity index (χ2n) is 13.2. The van der Waals surface area contributed by atoms with Crippen molar-refractivity contribution in [3.8, 4) is 5.69 Å². The van der Waals surface area contributed by atoms with Crippen LogP contribution in [0.1, 0.15) is 23.6 Å². The summed E-state index contributed by atoms with van der Waals surface area (Å²) in [5.74, 6) is 0.638.